The molecular weight excluding hydrogens is 383 g/mol. The number of nitrogens with zero attached hydrogens (tertiary/aromatic N) is 1. The van der Waals surface area contributed by atoms with E-state index in [0.29, 0.717) is 16.6 Å². The normalized spacial score (nSPS) is 15.2. The summed E-state index contributed by atoms with van der Waals surface area (Å²) in [7, 11) is 0. The summed E-state index contributed by atoms with van der Waals surface area (Å²) >= 11 is 12.0. The van der Waals surface area contributed by atoms with Crippen molar-refractivity contribution in [3.8, 4) is 0 Å². The molecule has 27 heavy (non-hydrogen) atoms. The van der Waals surface area contributed by atoms with Gasteiger partial charge in [0.05, 0.1) is 13.2 Å². The second-order valence-corrected chi connectivity index (χ2v) is 7.22. The third-order valence-corrected chi connectivity index (χ3v) is 5.01. The zero-order valence-corrected chi connectivity index (χ0v) is 16.5. The first-order valence-electron chi connectivity index (χ1n) is 8.89. The number of ether oxygens (including phenoxy) is 1. The van der Waals surface area contributed by atoms with Crippen LogP contribution in [0.15, 0.2) is 48.5 Å². The predicted molar refractivity (Wildman–Crippen MR) is 110 cm³/mol. The molecule has 0 spiro atoms. The molecule has 1 saturated heterocycles. The standard InChI is InChI=1S/C21H22Cl2N2O2/c22-19-7-5-16(20(23)13-19)6-8-21(26)24-14-17-3-1-2-4-18(17)15-25-9-11-27-12-10-25/h1-8,13H,9-12,14-15H2,(H,24,26)/b8-6+. The Morgan fingerprint density at radius 3 is 2.59 bits per heavy atom. The molecule has 0 radical (unpaired) electrons. The number of rotatable bonds is 6. The van der Waals surface area contributed by atoms with Crippen LogP contribution in [0.2, 0.25) is 10.0 Å². The first kappa shape index (κ1) is 19.9. The second-order valence-electron chi connectivity index (χ2n) is 6.37. The van der Waals surface area contributed by atoms with Crippen molar-refractivity contribution in [2.45, 2.75) is 13.1 Å². The van der Waals surface area contributed by atoms with Gasteiger partial charge in [-0.05, 0) is 34.9 Å². The molecule has 1 aliphatic rings. The zero-order valence-electron chi connectivity index (χ0n) is 15.0. The van der Waals surface area contributed by atoms with E-state index in [1.54, 1.807) is 24.3 Å². The van der Waals surface area contributed by atoms with Crippen molar-refractivity contribution in [3.05, 3.63) is 75.3 Å². The predicted octanol–water partition coefficient (Wildman–Crippen LogP) is 4.16. The van der Waals surface area contributed by atoms with Gasteiger partial charge in [0, 0.05) is 42.3 Å². The van der Waals surface area contributed by atoms with Crippen LogP contribution in [-0.4, -0.2) is 37.1 Å². The Bertz CT molecular complexity index is 818. The minimum absolute atomic E-state index is 0.165. The molecule has 0 atom stereocenters. The fourth-order valence-electron chi connectivity index (χ4n) is 2.93. The van der Waals surface area contributed by atoms with Crippen molar-refractivity contribution < 1.29 is 9.53 Å². The Hall–Kier alpha value is -1.85. The largest absolute Gasteiger partial charge is 0.379 e. The Labute approximate surface area is 169 Å². The molecule has 0 bridgehead atoms. The van der Waals surface area contributed by atoms with Crippen LogP contribution in [0.3, 0.4) is 0 Å². The maximum Gasteiger partial charge on any atom is 0.244 e. The smallest absolute Gasteiger partial charge is 0.244 e. The van der Waals surface area contributed by atoms with Crippen molar-refractivity contribution in [1.82, 2.24) is 10.2 Å². The first-order chi connectivity index (χ1) is 13.1. The molecule has 1 heterocycles. The molecule has 0 unspecified atom stereocenters. The number of halogens is 2. The van der Waals surface area contributed by atoms with E-state index in [4.69, 9.17) is 27.9 Å². The highest BCUT2D eigenvalue weighted by atomic mass is 35.5. The van der Waals surface area contributed by atoms with Crippen LogP contribution in [-0.2, 0) is 22.6 Å². The highest BCUT2D eigenvalue weighted by Crippen LogP contribution is 2.22. The molecule has 1 fully saturated rings. The minimum Gasteiger partial charge on any atom is -0.379 e. The van der Waals surface area contributed by atoms with Crippen LogP contribution in [0.25, 0.3) is 6.08 Å². The number of hydrogen-bond acceptors (Lipinski definition) is 3. The fourth-order valence-corrected chi connectivity index (χ4v) is 3.40. The van der Waals surface area contributed by atoms with Gasteiger partial charge >= 0.3 is 0 Å². The SMILES string of the molecule is O=C(/C=C/c1ccc(Cl)cc1Cl)NCc1ccccc1CN1CCOCC1. The highest BCUT2D eigenvalue weighted by Gasteiger charge is 2.12. The van der Waals surface area contributed by atoms with Gasteiger partial charge < -0.3 is 10.1 Å². The Kier molecular flexibility index (Phi) is 7.30. The Balaban J connectivity index is 1.57. The third-order valence-electron chi connectivity index (χ3n) is 4.45. The molecule has 0 saturated carbocycles. The molecule has 0 aliphatic carbocycles. The lowest BCUT2D eigenvalue weighted by Crippen LogP contribution is -2.36. The van der Waals surface area contributed by atoms with Crippen molar-refractivity contribution in [1.29, 1.82) is 0 Å². The van der Waals surface area contributed by atoms with E-state index in [1.165, 1.54) is 11.6 Å². The molecule has 6 heteroatoms. The van der Waals surface area contributed by atoms with Crippen molar-refractivity contribution >= 4 is 35.2 Å². The zero-order chi connectivity index (χ0) is 19.1. The van der Waals surface area contributed by atoms with E-state index in [-0.39, 0.29) is 5.91 Å². The van der Waals surface area contributed by atoms with Gasteiger partial charge in [-0.15, -0.1) is 0 Å². The summed E-state index contributed by atoms with van der Waals surface area (Å²) in [5.41, 5.74) is 3.10. The number of nitrogens with one attached hydrogen (secondary N) is 1. The quantitative estimate of drug-likeness (QED) is 0.734. The average Bonchev–Trinajstić information content (AvgIpc) is 2.67. The van der Waals surface area contributed by atoms with E-state index in [9.17, 15) is 4.79 Å². The van der Waals surface area contributed by atoms with E-state index >= 15 is 0 Å². The number of hydrogen-bond donors (Lipinski definition) is 1. The lowest BCUT2D eigenvalue weighted by atomic mass is 10.1. The summed E-state index contributed by atoms with van der Waals surface area (Å²) < 4.78 is 5.40. The molecule has 2 aromatic carbocycles. The summed E-state index contributed by atoms with van der Waals surface area (Å²) in [4.78, 5) is 14.5. The second kappa shape index (κ2) is 9.90. The molecule has 3 rings (SSSR count). The van der Waals surface area contributed by atoms with Gasteiger partial charge in [0.2, 0.25) is 5.91 Å². The lowest BCUT2D eigenvalue weighted by Gasteiger charge is -2.27. The van der Waals surface area contributed by atoms with E-state index in [0.717, 1.165) is 44.0 Å². The Morgan fingerprint density at radius 2 is 1.85 bits per heavy atom. The lowest BCUT2D eigenvalue weighted by molar-refractivity contribution is -0.116. The van der Waals surface area contributed by atoms with Gasteiger partial charge in [0.25, 0.3) is 0 Å². The number of carbonyl (C=O) groups excluding carboxylic acids is 1. The van der Waals surface area contributed by atoms with Gasteiger partial charge in [0.1, 0.15) is 0 Å². The monoisotopic (exact) mass is 404 g/mol. The van der Waals surface area contributed by atoms with Crippen LogP contribution in [0.5, 0.6) is 0 Å². The molecule has 1 amide bonds. The van der Waals surface area contributed by atoms with Crippen molar-refractivity contribution in [2.75, 3.05) is 26.3 Å². The summed E-state index contributed by atoms with van der Waals surface area (Å²) in [6.45, 7) is 4.77. The van der Waals surface area contributed by atoms with E-state index in [2.05, 4.69) is 22.3 Å². The number of benzene rings is 2. The first-order valence-corrected chi connectivity index (χ1v) is 9.65. The minimum atomic E-state index is -0.165. The fraction of sp³-hybridized carbons (Fsp3) is 0.286. The van der Waals surface area contributed by atoms with Gasteiger partial charge in [0.15, 0.2) is 0 Å². The summed E-state index contributed by atoms with van der Waals surface area (Å²) in [5, 5.41) is 4.02. The van der Waals surface area contributed by atoms with E-state index in [1.807, 2.05) is 12.1 Å². The maximum atomic E-state index is 12.2. The summed E-state index contributed by atoms with van der Waals surface area (Å²) in [6, 6.07) is 13.4. The molecule has 2 aromatic rings. The van der Waals surface area contributed by atoms with Crippen LogP contribution >= 0.6 is 23.2 Å². The van der Waals surface area contributed by atoms with Crippen LogP contribution in [0, 0.1) is 0 Å². The van der Waals surface area contributed by atoms with Crippen molar-refractivity contribution in [3.63, 3.8) is 0 Å². The van der Waals surface area contributed by atoms with Gasteiger partial charge in [-0.2, -0.15) is 0 Å². The number of carbonyl (C=O) groups is 1. The molecule has 1 aliphatic heterocycles. The maximum absolute atomic E-state index is 12.2. The molecule has 1 N–H and O–H groups in total. The average molecular weight is 405 g/mol. The number of morpholine rings is 1. The highest BCUT2D eigenvalue weighted by molar-refractivity contribution is 6.35. The summed E-state index contributed by atoms with van der Waals surface area (Å²) in [5.74, 6) is -0.165. The van der Waals surface area contributed by atoms with Gasteiger partial charge in [-0.3, -0.25) is 9.69 Å². The van der Waals surface area contributed by atoms with Gasteiger partial charge in [-0.1, -0.05) is 53.5 Å². The molecule has 142 valence electrons. The van der Waals surface area contributed by atoms with Crippen molar-refractivity contribution in [2.24, 2.45) is 0 Å². The van der Waals surface area contributed by atoms with E-state index < -0.39 is 0 Å². The number of amides is 1. The molecular formula is C21H22Cl2N2O2. The summed E-state index contributed by atoms with van der Waals surface area (Å²) in [6.07, 6.45) is 3.17. The molecule has 0 aromatic heterocycles. The van der Waals surface area contributed by atoms with Crippen LogP contribution in [0.4, 0.5) is 0 Å². The van der Waals surface area contributed by atoms with Gasteiger partial charge in [-0.25, -0.2) is 0 Å². The van der Waals surface area contributed by atoms with Crippen LogP contribution in [0.1, 0.15) is 16.7 Å². The van der Waals surface area contributed by atoms with Crippen LogP contribution < -0.4 is 5.32 Å². The third kappa shape index (κ3) is 6.08. The Morgan fingerprint density at radius 1 is 1.11 bits per heavy atom. The molecule has 4 nitrogen and oxygen atoms in total. The topological polar surface area (TPSA) is 41.6 Å².